The lowest BCUT2D eigenvalue weighted by atomic mass is 9.95. The number of nitrogens with one attached hydrogen (secondary N) is 1. The summed E-state index contributed by atoms with van der Waals surface area (Å²) in [7, 11) is 0. The lowest BCUT2D eigenvalue weighted by molar-refractivity contribution is -0.0123. The first kappa shape index (κ1) is 13.6. The first-order chi connectivity index (χ1) is 6.68. The molecular weight excluding hydrogens is 230 g/mol. The highest BCUT2D eigenvalue weighted by Gasteiger charge is 2.35. The Hall–Kier alpha value is 0.560. The van der Waals surface area contributed by atoms with Crippen molar-refractivity contribution >= 4 is 24.2 Å². The molecule has 90 valence electrons. The summed E-state index contributed by atoms with van der Waals surface area (Å²) in [6.45, 7) is 5.27. The molecule has 4 heteroatoms. The van der Waals surface area contributed by atoms with E-state index in [9.17, 15) is 0 Å². The first-order valence-electron chi connectivity index (χ1n) is 5.67. The standard InChI is InChI=1S/C11H21NOS.ClH/c1-9-7-13-11(2,12-9)6-10-4-3-5-14-8-10;/h9-10,12H,3-8H2,1-2H3;1H. The molecular formula is C11H22ClNOS. The van der Waals surface area contributed by atoms with E-state index < -0.39 is 0 Å². The Bertz CT molecular complexity index is 199. The van der Waals surface area contributed by atoms with Gasteiger partial charge in [-0.2, -0.15) is 11.8 Å². The van der Waals surface area contributed by atoms with E-state index in [1.165, 1.54) is 30.8 Å². The van der Waals surface area contributed by atoms with Crippen molar-refractivity contribution < 1.29 is 4.74 Å². The fourth-order valence-corrected chi connectivity index (χ4v) is 3.71. The fourth-order valence-electron chi connectivity index (χ4n) is 2.55. The highest BCUT2D eigenvalue weighted by atomic mass is 35.5. The van der Waals surface area contributed by atoms with Gasteiger partial charge in [0.15, 0.2) is 0 Å². The van der Waals surface area contributed by atoms with Crippen molar-refractivity contribution in [1.29, 1.82) is 0 Å². The van der Waals surface area contributed by atoms with Crippen LogP contribution >= 0.6 is 24.2 Å². The normalized spacial score (nSPS) is 41.2. The van der Waals surface area contributed by atoms with E-state index in [2.05, 4.69) is 30.9 Å². The van der Waals surface area contributed by atoms with Crippen LogP contribution in [0, 0.1) is 5.92 Å². The molecule has 2 fully saturated rings. The summed E-state index contributed by atoms with van der Waals surface area (Å²) in [4.78, 5) is 0. The smallest absolute Gasteiger partial charge is 0.117 e. The zero-order chi connectivity index (χ0) is 10.0. The summed E-state index contributed by atoms with van der Waals surface area (Å²) in [5.41, 5.74) is -0.0397. The van der Waals surface area contributed by atoms with Gasteiger partial charge in [0.05, 0.1) is 6.61 Å². The lowest BCUT2D eigenvalue weighted by Gasteiger charge is -2.31. The maximum atomic E-state index is 5.84. The monoisotopic (exact) mass is 251 g/mol. The van der Waals surface area contributed by atoms with E-state index in [0.717, 1.165) is 12.5 Å². The quantitative estimate of drug-likeness (QED) is 0.816. The summed E-state index contributed by atoms with van der Waals surface area (Å²) in [6, 6.07) is 0.524. The molecule has 3 atom stereocenters. The second-order valence-electron chi connectivity index (χ2n) is 4.87. The molecule has 0 aliphatic carbocycles. The molecule has 0 amide bonds. The number of rotatable bonds is 2. The van der Waals surface area contributed by atoms with Crippen LogP contribution in [0.3, 0.4) is 0 Å². The van der Waals surface area contributed by atoms with Crippen molar-refractivity contribution in [3.05, 3.63) is 0 Å². The second-order valence-corrected chi connectivity index (χ2v) is 6.02. The van der Waals surface area contributed by atoms with Crippen molar-refractivity contribution in [1.82, 2.24) is 5.32 Å². The molecule has 2 aliphatic heterocycles. The Morgan fingerprint density at radius 1 is 1.53 bits per heavy atom. The largest absolute Gasteiger partial charge is 0.359 e. The average Bonchev–Trinajstić information content (AvgIpc) is 2.47. The van der Waals surface area contributed by atoms with E-state index in [-0.39, 0.29) is 18.1 Å². The molecule has 0 radical (unpaired) electrons. The molecule has 0 bridgehead atoms. The van der Waals surface area contributed by atoms with Gasteiger partial charge in [-0.25, -0.2) is 0 Å². The second kappa shape index (κ2) is 5.76. The summed E-state index contributed by atoms with van der Waals surface area (Å²) in [5.74, 6) is 3.55. The molecule has 0 aromatic rings. The predicted octanol–water partition coefficient (Wildman–Crippen LogP) is 2.67. The number of thioether (sulfide) groups is 1. The first-order valence-corrected chi connectivity index (χ1v) is 6.83. The topological polar surface area (TPSA) is 21.3 Å². The lowest BCUT2D eigenvalue weighted by Crippen LogP contribution is -2.42. The number of hydrogen-bond acceptors (Lipinski definition) is 3. The van der Waals surface area contributed by atoms with Crippen LogP contribution < -0.4 is 5.32 Å². The van der Waals surface area contributed by atoms with Gasteiger partial charge in [-0.15, -0.1) is 12.4 Å². The Balaban J connectivity index is 0.00000112. The summed E-state index contributed by atoms with van der Waals surface area (Å²) >= 11 is 2.10. The molecule has 2 nitrogen and oxygen atoms in total. The van der Waals surface area contributed by atoms with Crippen molar-refractivity contribution in [3.63, 3.8) is 0 Å². The summed E-state index contributed by atoms with van der Waals surface area (Å²) < 4.78 is 5.84. The van der Waals surface area contributed by atoms with Crippen LogP contribution in [-0.2, 0) is 4.74 Å². The molecule has 0 aromatic carbocycles. The SMILES string of the molecule is CC1COC(C)(CC2CCCSC2)N1.Cl. The number of hydrogen-bond donors (Lipinski definition) is 1. The minimum Gasteiger partial charge on any atom is -0.359 e. The highest BCUT2D eigenvalue weighted by molar-refractivity contribution is 7.99. The van der Waals surface area contributed by atoms with Crippen LogP contribution in [0.1, 0.15) is 33.1 Å². The molecule has 2 heterocycles. The maximum Gasteiger partial charge on any atom is 0.117 e. The fraction of sp³-hybridized carbons (Fsp3) is 1.00. The van der Waals surface area contributed by atoms with Crippen LogP contribution in [-0.4, -0.2) is 29.9 Å². The van der Waals surface area contributed by atoms with Gasteiger partial charge >= 0.3 is 0 Å². The van der Waals surface area contributed by atoms with Gasteiger partial charge in [0.25, 0.3) is 0 Å². The predicted molar refractivity (Wildman–Crippen MR) is 68.9 cm³/mol. The zero-order valence-electron chi connectivity index (χ0n) is 9.62. The minimum atomic E-state index is -0.0397. The Kier molecular flexibility index (Phi) is 5.23. The van der Waals surface area contributed by atoms with Gasteiger partial charge in [-0.1, -0.05) is 0 Å². The molecule has 1 N–H and O–H groups in total. The molecule has 3 unspecified atom stereocenters. The molecule has 15 heavy (non-hydrogen) atoms. The third kappa shape index (κ3) is 3.81. The minimum absolute atomic E-state index is 0. The van der Waals surface area contributed by atoms with Gasteiger partial charge in [0.1, 0.15) is 5.72 Å². The van der Waals surface area contributed by atoms with Gasteiger partial charge in [-0.3, -0.25) is 5.32 Å². The Labute approximate surface area is 103 Å². The van der Waals surface area contributed by atoms with E-state index in [0.29, 0.717) is 6.04 Å². The summed E-state index contributed by atoms with van der Waals surface area (Å²) in [6.07, 6.45) is 3.97. The van der Waals surface area contributed by atoms with Gasteiger partial charge < -0.3 is 4.74 Å². The van der Waals surface area contributed by atoms with Crippen LogP contribution in [0.25, 0.3) is 0 Å². The molecule has 2 rings (SSSR count). The van der Waals surface area contributed by atoms with Gasteiger partial charge in [-0.05, 0) is 50.5 Å². The Morgan fingerprint density at radius 3 is 2.87 bits per heavy atom. The molecule has 0 saturated carbocycles. The maximum absolute atomic E-state index is 5.84. The van der Waals surface area contributed by atoms with Crippen LogP contribution in [0.15, 0.2) is 0 Å². The van der Waals surface area contributed by atoms with E-state index in [1.54, 1.807) is 0 Å². The molecule has 2 aliphatic rings. The summed E-state index contributed by atoms with van der Waals surface area (Å²) in [5, 5.41) is 3.55. The van der Waals surface area contributed by atoms with Crippen LogP contribution in [0.2, 0.25) is 0 Å². The van der Waals surface area contributed by atoms with Crippen molar-refractivity contribution in [2.24, 2.45) is 5.92 Å². The average molecular weight is 252 g/mol. The van der Waals surface area contributed by atoms with E-state index in [4.69, 9.17) is 4.74 Å². The molecule has 0 spiro atoms. The third-order valence-corrected chi connectivity index (χ3v) is 4.42. The van der Waals surface area contributed by atoms with Crippen LogP contribution in [0.4, 0.5) is 0 Å². The van der Waals surface area contributed by atoms with E-state index >= 15 is 0 Å². The molecule has 2 saturated heterocycles. The third-order valence-electron chi connectivity index (χ3n) is 3.14. The van der Waals surface area contributed by atoms with E-state index in [1.807, 2.05) is 0 Å². The van der Waals surface area contributed by atoms with Crippen molar-refractivity contribution in [2.45, 2.75) is 44.9 Å². The molecule has 0 aromatic heterocycles. The zero-order valence-corrected chi connectivity index (χ0v) is 11.3. The van der Waals surface area contributed by atoms with Gasteiger partial charge in [0, 0.05) is 6.04 Å². The number of ether oxygens (including phenoxy) is 1. The highest BCUT2D eigenvalue weighted by Crippen LogP contribution is 2.31. The van der Waals surface area contributed by atoms with Crippen LogP contribution in [0.5, 0.6) is 0 Å². The number of halogens is 1. The van der Waals surface area contributed by atoms with Crippen molar-refractivity contribution in [2.75, 3.05) is 18.1 Å². The van der Waals surface area contributed by atoms with Gasteiger partial charge in [0.2, 0.25) is 0 Å². The Morgan fingerprint density at radius 2 is 2.33 bits per heavy atom. The van der Waals surface area contributed by atoms with Crippen molar-refractivity contribution in [3.8, 4) is 0 Å².